The molecule has 0 bridgehead atoms. The van der Waals surface area contributed by atoms with Gasteiger partial charge in [0.25, 0.3) is 0 Å². The van der Waals surface area contributed by atoms with Gasteiger partial charge in [0.2, 0.25) is 5.76 Å². The molecule has 0 aliphatic heterocycles. The molecule has 1 aromatic rings. The van der Waals surface area contributed by atoms with Crippen molar-refractivity contribution >= 4 is 35.2 Å². The second-order valence-electron chi connectivity index (χ2n) is 1.93. The molecule has 0 saturated heterocycles. The molecule has 5 nitrogen and oxygen atoms in total. The Hall–Kier alpha value is -0.390. The normalized spacial score (nSPS) is 8.91. The van der Waals surface area contributed by atoms with Gasteiger partial charge in [0, 0.05) is 6.92 Å². The van der Waals surface area contributed by atoms with Gasteiger partial charge in [-0.3, -0.25) is 10.1 Å². The van der Waals surface area contributed by atoms with Crippen molar-refractivity contribution in [3.8, 4) is 0 Å². The topological polar surface area (TPSA) is 69.2 Å². The van der Waals surface area contributed by atoms with E-state index in [1.165, 1.54) is 13.8 Å². The monoisotopic (exact) mass is 166 g/mol. The van der Waals surface area contributed by atoms with Crippen molar-refractivity contribution in [2.45, 2.75) is 13.8 Å². The summed E-state index contributed by atoms with van der Waals surface area (Å²) in [7, 11) is 0. The van der Waals surface area contributed by atoms with Gasteiger partial charge in [-0.15, -0.1) is 0 Å². The van der Waals surface area contributed by atoms with E-state index in [-0.39, 0.29) is 41.0 Å². The summed E-state index contributed by atoms with van der Waals surface area (Å²) in [5.74, 6) is 0.252. The number of hydrogen-bond acceptors (Lipinski definition) is 4. The van der Waals surface area contributed by atoms with E-state index in [1.807, 2.05) is 0 Å². The van der Waals surface area contributed by atoms with Crippen molar-refractivity contribution in [2.75, 3.05) is 0 Å². The summed E-state index contributed by atoms with van der Waals surface area (Å²) in [6.45, 7) is 3.05. The van der Waals surface area contributed by atoms with Crippen LogP contribution in [0.15, 0.2) is 4.52 Å². The summed E-state index contributed by atoms with van der Waals surface area (Å²) >= 11 is 0. The Morgan fingerprint density at radius 3 is 2.27 bits per heavy atom. The van der Waals surface area contributed by atoms with Crippen molar-refractivity contribution in [1.82, 2.24) is 5.16 Å². The summed E-state index contributed by atoms with van der Waals surface area (Å²) in [5, 5.41) is 13.6. The molecule has 11 heavy (non-hydrogen) atoms. The molecular weight excluding hydrogens is 159 g/mol. The first kappa shape index (κ1) is 10.6. The molecule has 1 aromatic heterocycles. The van der Waals surface area contributed by atoms with Crippen LogP contribution in [0.3, 0.4) is 0 Å². The summed E-state index contributed by atoms with van der Waals surface area (Å²) in [5.41, 5.74) is 0.294. The molecule has 1 heterocycles. The van der Waals surface area contributed by atoms with E-state index >= 15 is 0 Å². The second-order valence-corrected chi connectivity index (χ2v) is 1.93. The van der Waals surface area contributed by atoms with Crippen molar-refractivity contribution in [2.24, 2.45) is 0 Å². The van der Waals surface area contributed by atoms with Crippen LogP contribution in [-0.2, 0) is 0 Å². The average Bonchev–Trinajstić information content (AvgIpc) is 2.11. The van der Waals surface area contributed by atoms with Crippen LogP contribution in [-0.4, -0.2) is 39.6 Å². The molecule has 0 amide bonds. The van der Waals surface area contributed by atoms with Crippen LogP contribution >= 0.6 is 0 Å². The fraction of sp³-hybridized carbons (Fsp3) is 0.400. The second kappa shape index (κ2) is 3.85. The van der Waals surface area contributed by atoms with Gasteiger partial charge >= 0.3 is 35.2 Å². The van der Waals surface area contributed by atoms with Gasteiger partial charge in [0.15, 0.2) is 5.69 Å². The molecule has 1 rings (SSSR count). The first-order valence-electron chi connectivity index (χ1n) is 2.70. The Morgan fingerprint density at radius 1 is 1.55 bits per heavy atom. The van der Waals surface area contributed by atoms with E-state index in [9.17, 15) is 10.1 Å². The first-order valence-corrected chi connectivity index (χ1v) is 2.70. The standard InChI is InChI=1S/C5H6N2O3.Na.H/c1-3-5(7(8)9)4(2)10-6-3;;/h1-2H3;;. The minimum atomic E-state index is -0.499. The Kier molecular flexibility index (Phi) is 3.71. The quantitative estimate of drug-likeness (QED) is 0.347. The van der Waals surface area contributed by atoms with Gasteiger partial charge in [-0.05, 0) is 6.92 Å². The third-order valence-corrected chi connectivity index (χ3v) is 1.18. The van der Waals surface area contributed by atoms with Gasteiger partial charge in [-0.25, -0.2) is 0 Å². The number of rotatable bonds is 1. The SMILES string of the molecule is Cc1noc(C)c1[N+](=O)[O-].[NaH]. The van der Waals surface area contributed by atoms with Gasteiger partial charge in [0.1, 0.15) is 0 Å². The van der Waals surface area contributed by atoms with Crippen LogP contribution in [0.4, 0.5) is 5.69 Å². The van der Waals surface area contributed by atoms with Crippen molar-refractivity contribution in [1.29, 1.82) is 0 Å². The molecule has 0 aromatic carbocycles. The predicted molar refractivity (Wildman–Crippen MR) is 39.8 cm³/mol. The summed E-state index contributed by atoms with van der Waals surface area (Å²) in [6, 6.07) is 0. The van der Waals surface area contributed by atoms with Gasteiger partial charge < -0.3 is 4.52 Å². The predicted octanol–water partition coefficient (Wildman–Crippen LogP) is 0.551. The van der Waals surface area contributed by atoms with Gasteiger partial charge in [-0.2, -0.15) is 0 Å². The van der Waals surface area contributed by atoms with E-state index in [2.05, 4.69) is 9.68 Å². The molecule has 0 N–H and O–H groups in total. The van der Waals surface area contributed by atoms with E-state index in [0.29, 0.717) is 5.69 Å². The van der Waals surface area contributed by atoms with Crippen LogP contribution < -0.4 is 0 Å². The van der Waals surface area contributed by atoms with Gasteiger partial charge in [-0.1, -0.05) is 5.16 Å². The first-order chi connectivity index (χ1) is 4.63. The summed E-state index contributed by atoms with van der Waals surface area (Å²) < 4.78 is 4.56. The van der Waals surface area contributed by atoms with Crippen molar-refractivity contribution < 1.29 is 9.45 Å². The number of hydrogen-bond donors (Lipinski definition) is 0. The summed E-state index contributed by atoms with van der Waals surface area (Å²) in [4.78, 5) is 9.71. The molecule has 0 unspecified atom stereocenters. The Balaban J connectivity index is 0.000001000. The molecule has 6 heteroatoms. The van der Waals surface area contributed by atoms with Crippen molar-refractivity contribution in [3.05, 3.63) is 21.6 Å². The van der Waals surface area contributed by atoms with E-state index < -0.39 is 4.92 Å². The minimum absolute atomic E-state index is 0. The zero-order valence-corrected chi connectivity index (χ0v) is 5.62. The number of aromatic nitrogens is 1. The number of nitrogens with zero attached hydrogens (tertiary/aromatic N) is 2. The van der Waals surface area contributed by atoms with Crippen LogP contribution in [0, 0.1) is 24.0 Å². The van der Waals surface area contributed by atoms with E-state index in [1.54, 1.807) is 0 Å². The number of aryl methyl sites for hydroxylation is 2. The van der Waals surface area contributed by atoms with Crippen LogP contribution in [0.1, 0.15) is 11.5 Å². The maximum absolute atomic E-state index is 10.2. The molecule has 0 radical (unpaired) electrons. The number of nitro groups is 1. The zero-order chi connectivity index (χ0) is 7.72. The molecule has 0 fully saturated rings. The molecule has 0 aliphatic rings. The Labute approximate surface area is 85.2 Å². The Morgan fingerprint density at radius 2 is 2.09 bits per heavy atom. The van der Waals surface area contributed by atoms with Crippen LogP contribution in [0.5, 0.6) is 0 Å². The molecule has 0 atom stereocenters. The van der Waals surface area contributed by atoms with Crippen LogP contribution in [0.2, 0.25) is 0 Å². The van der Waals surface area contributed by atoms with E-state index in [0.717, 1.165) is 0 Å². The maximum atomic E-state index is 10.2. The van der Waals surface area contributed by atoms with E-state index in [4.69, 9.17) is 0 Å². The van der Waals surface area contributed by atoms with Gasteiger partial charge in [0.05, 0.1) is 4.92 Å². The zero-order valence-electron chi connectivity index (χ0n) is 5.62. The fourth-order valence-electron chi connectivity index (χ4n) is 0.739. The summed E-state index contributed by atoms with van der Waals surface area (Å²) in [6.07, 6.45) is 0. The molecular formula is C5H7N2NaO3. The average molecular weight is 166 g/mol. The molecule has 56 valence electrons. The third kappa shape index (κ3) is 2.02. The third-order valence-electron chi connectivity index (χ3n) is 1.18. The molecule has 0 spiro atoms. The fourth-order valence-corrected chi connectivity index (χ4v) is 0.739. The van der Waals surface area contributed by atoms with Crippen LogP contribution in [0.25, 0.3) is 0 Å². The van der Waals surface area contributed by atoms with Crippen molar-refractivity contribution in [3.63, 3.8) is 0 Å². The molecule has 0 aliphatic carbocycles. The Bertz CT molecular complexity index is 251. The molecule has 0 saturated carbocycles.